The number of pyridine rings is 1. The van der Waals surface area contributed by atoms with Gasteiger partial charge in [-0.15, -0.1) is 10.2 Å². The molecular weight excluding hydrogens is 383 g/mol. The van der Waals surface area contributed by atoms with Crippen LogP contribution in [0.4, 0.5) is 10.1 Å². The van der Waals surface area contributed by atoms with E-state index in [9.17, 15) is 5.26 Å². The molecule has 0 radical (unpaired) electrons. The topological polar surface area (TPSA) is 96.4 Å². The van der Waals surface area contributed by atoms with Gasteiger partial charge in [0.05, 0.1) is 29.3 Å². The number of nitriles is 1. The zero-order chi connectivity index (χ0) is 19.7. The molecule has 0 spiro atoms. The maximum atomic E-state index is 15.4. The first-order valence-corrected chi connectivity index (χ1v) is 9.06. The van der Waals surface area contributed by atoms with Gasteiger partial charge in [0.2, 0.25) is 0 Å². The number of nitrogens with zero attached hydrogens (tertiary/aromatic N) is 8. The van der Waals surface area contributed by atoms with E-state index in [1.807, 2.05) is 4.90 Å². The number of alkyl halides is 1. The Morgan fingerprint density at radius 1 is 1.25 bits per heavy atom. The van der Waals surface area contributed by atoms with Crippen molar-refractivity contribution in [3.63, 3.8) is 0 Å². The lowest BCUT2D eigenvalue weighted by Gasteiger charge is -2.37. The van der Waals surface area contributed by atoms with Crippen molar-refractivity contribution < 1.29 is 4.39 Å². The summed E-state index contributed by atoms with van der Waals surface area (Å²) in [5, 5.41) is 25.1. The zero-order valence-electron chi connectivity index (χ0n) is 15.0. The van der Waals surface area contributed by atoms with Gasteiger partial charge in [-0.1, -0.05) is 11.6 Å². The lowest BCUT2D eigenvalue weighted by molar-refractivity contribution is 0.109. The van der Waals surface area contributed by atoms with Crippen LogP contribution in [-0.2, 0) is 12.7 Å². The van der Waals surface area contributed by atoms with Crippen molar-refractivity contribution in [2.75, 3.05) is 18.0 Å². The first-order chi connectivity index (χ1) is 13.5. The number of halogens is 2. The van der Waals surface area contributed by atoms with E-state index in [0.29, 0.717) is 41.4 Å². The molecule has 1 aliphatic heterocycles. The van der Waals surface area contributed by atoms with Gasteiger partial charge in [-0.25, -0.2) is 9.37 Å². The average Bonchev–Trinajstić information content (AvgIpc) is 3.16. The Morgan fingerprint density at radius 3 is 2.64 bits per heavy atom. The van der Waals surface area contributed by atoms with Crippen LogP contribution in [0.3, 0.4) is 0 Å². The molecule has 3 aromatic rings. The van der Waals surface area contributed by atoms with Crippen molar-refractivity contribution in [1.82, 2.24) is 29.9 Å². The van der Waals surface area contributed by atoms with Gasteiger partial charge in [-0.05, 0) is 12.1 Å². The normalized spacial score (nSPS) is 16.0. The number of piperidine rings is 1. The second-order valence-electron chi connectivity index (χ2n) is 6.66. The summed E-state index contributed by atoms with van der Waals surface area (Å²) < 4.78 is 17.0. The van der Waals surface area contributed by atoms with E-state index in [1.165, 1.54) is 6.33 Å². The Labute approximate surface area is 165 Å². The molecular formula is C18H16ClFN8. The molecule has 0 aliphatic carbocycles. The van der Waals surface area contributed by atoms with E-state index in [2.05, 4.69) is 31.4 Å². The van der Waals surface area contributed by atoms with E-state index in [-0.39, 0.29) is 18.0 Å². The summed E-state index contributed by atoms with van der Waals surface area (Å²) in [5.74, 6) is 0.317. The number of hydrogen-bond acceptors (Lipinski definition) is 7. The second kappa shape index (κ2) is 7.13. The van der Waals surface area contributed by atoms with Gasteiger partial charge in [0.15, 0.2) is 16.6 Å². The van der Waals surface area contributed by atoms with E-state index < -0.39 is 5.67 Å². The maximum absolute atomic E-state index is 15.4. The molecule has 0 amide bonds. The average molecular weight is 399 g/mol. The minimum Gasteiger partial charge on any atom is -0.368 e. The molecule has 28 heavy (non-hydrogen) atoms. The van der Waals surface area contributed by atoms with Crippen LogP contribution in [0, 0.1) is 11.3 Å². The molecule has 142 valence electrons. The molecule has 10 heteroatoms. The highest BCUT2D eigenvalue weighted by atomic mass is 35.5. The second-order valence-corrected chi connectivity index (χ2v) is 7.01. The fourth-order valence-corrected chi connectivity index (χ4v) is 3.79. The summed E-state index contributed by atoms with van der Waals surface area (Å²) >= 11 is 6.43. The molecule has 0 N–H and O–H groups in total. The van der Waals surface area contributed by atoms with E-state index >= 15 is 4.39 Å². The molecule has 1 fully saturated rings. The van der Waals surface area contributed by atoms with Gasteiger partial charge < -0.3 is 9.47 Å². The van der Waals surface area contributed by atoms with Gasteiger partial charge in [0.25, 0.3) is 0 Å². The molecule has 0 aromatic carbocycles. The monoisotopic (exact) mass is 398 g/mol. The third kappa shape index (κ3) is 3.16. The molecule has 4 heterocycles. The zero-order valence-corrected chi connectivity index (χ0v) is 15.8. The Kier molecular flexibility index (Phi) is 4.65. The van der Waals surface area contributed by atoms with E-state index in [4.69, 9.17) is 11.6 Å². The molecule has 8 nitrogen and oxygen atoms in total. The smallest absolute Gasteiger partial charge is 0.173 e. The van der Waals surface area contributed by atoms with Crippen molar-refractivity contribution in [3.05, 3.63) is 47.4 Å². The molecule has 0 saturated carbocycles. The van der Waals surface area contributed by atoms with Crippen LogP contribution in [0.1, 0.15) is 24.2 Å². The molecule has 0 unspecified atom stereocenters. The summed E-state index contributed by atoms with van der Waals surface area (Å²) in [6, 6.07) is 5.59. The van der Waals surface area contributed by atoms with Gasteiger partial charge in [0.1, 0.15) is 12.4 Å². The van der Waals surface area contributed by atoms with Gasteiger partial charge in [-0.3, -0.25) is 0 Å². The van der Waals surface area contributed by atoms with Gasteiger partial charge in [-0.2, -0.15) is 15.5 Å². The number of hydrogen-bond donors (Lipinski definition) is 0. The molecule has 3 aromatic heterocycles. The van der Waals surface area contributed by atoms with Crippen LogP contribution in [-0.4, -0.2) is 43.0 Å². The highest BCUT2D eigenvalue weighted by molar-refractivity contribution is 6.32. The van der Waals surface area contributed by atoms with Crippen molar-refractivity contribution >= 4 is 17.3 Å². The number of anilines is 1. The number of aryl methyl sites for hydroxylation is 1. The van der Waals surface area contributed by atoms with Crippen LogP contribution >= 0.6 is 11.6 Å². The quantitative estimate of drug-likeness (QED) is 0.625. The minimum absolute atomic E-state index is 0.205. The molecule has 0 atom stereocenters. The van der Waals surface area contributed by atoms with E-state index in [1.54, 1.807) is 36.1 Å². The molecule has 0 bridgehead atoms. The fraction of sp³-hybridized carbons (Fsp3) is 0.333. The maximum Gasteiger partial charge on any atom is 0.173 e. The fourth-order valence-electron chi connectivity index (χ4n) is 3.48. The predicted octanol–water partition coefficient (Wildman–Crippen LogP) is 2.66. The SMILES string of the molecule is Cn1cnnc1C1(F)CCN(c2c(C#N)cc(-c3ccnnc3)nc2Cl)CC1. The van der Waals surface area contributed by atoms with E-state index in [0.717, 1.165) is 0 Å². The summed E-state index contributed by atoms with van der Waals surface area (Å²) in [6.45, 7) is 0.769. The third-order valence-corrected chi connectivity index (χ3v) is 5.20. The van der Waals surface area contributed by atoms with Crippen LogP contribution < -0.4 is 4.90 Å². The summed E-state index contributed by atoms with van der Waals surface area (Å²) in [5.41, 5.74) is 0.600. The molecule has 4 rings (SSSR count). The highest BCUT2D eigenvalue weighted by Gasteiger charge is 2.41. The number of aromatic nitrogens is 6. The first kappa shape index (κ1) is 18.3. The lowest BCUT2D eigenvalue weighted by Crippen LogP contribution is -2.42. The van der Waals surface area contributed by atoms with Crippen molar-refractivity contribution in [2.45, 2.75) is 18.5 Å². The third-order valence-electron chi connectivity index (χ3n) is 4.93. The predicted molar refractivity (Wildman–Crippen MR) is 100 cm³/mol. The van der Waals surface area contributed by atoms with Crippen molar-refractivity contribution in [3.8, 4) is 17.3 Å². The highest BCUT2D eigenvalue weighted by Crippen LogP contribution is 2.40. The Hall–Kier alpha value is -3.12. The van der Waals surface area contributed by atoms with Gasteiger partial charge in [0, 0.05) is 38.5 Å². The van der Waals surface area contributed by atoms with Crippen LogP contribution in [0.25, 0.3) is 11.3 Å². The standard InChI is InChI=1S/C18H16ClFN8/c1-27-11-24-26-17(27)18(20)3-6-28(7-4-18)15-13(9-21)8-14(25-16(15)19)12-2-5-22-23-10-12/h2,5,8,10-11H,3-4,6-7H2,1H3. The van der Waals surface area contributed by atoms with Crippen molar-refractivity contribution in [1.29, 1.82) is 5.26 Å². The summed E-state index contributed by atoms with van der Waals surface area (Å²) in [6.07, 6.45) is 5.03. The molecule has 1 aliphatic rings. The van der Waals surface area contributed by atoms with Crippen molar-refractivity contribution in [2.24, 2.45) is 7.05 Å². The van der Waals surface area contributed by atoms with Crippen LogP contribution in [0.5, 0.6) is 0 Å². The Morgan fingerprint density at radius 2 is 2.04 bits per heavy atom. The summed E-state index contributed by atoms with van der Waals surface area (Å²) in [7, 11) is 1.73. The van der Waals surface area contributed by atoms with Crippen LogP contribution in [0.15, 0.2) is 30.9 Å². The van der Waals surface area contributed by atoms with Gasteiger partial charge >= 0.3 is 0 Å². The Bertz CT molecular complexity index is 1040. The van der Waals surface area contributed by atoms with Crippen LogP contribution in [0.2, 0.25) is 5.15 Å². The minimum atomic E-state index is -1.56. The Balaban J connectivity index is 1.62. The lowest BCUT2D eigenvalue weighted by atomic mass is 9.91. The summed E-state index contributed by atoms with van der Waals surface area (Å²) in [4.78, 5) is 6.31. The molecule has 1 saturated heterocycles. The number of rotatable bonds is 3. The largest absolute Gasteiger partial charge is 0.368 e. The first-order valence-electron chi connectivity index (χ1n) is 8.68.